The molecule has 0 saturated carbocycles. The van der Waals surface area contributed by atoms with Crippen LogP contribution in [0.3, 0.4) is 0 Å². The number of benzene rings is 1. The zero-order valence-electron chi connectivity index (χ0n) is 15.6. The zero-order valence-corrected chi connectivity index (χ0v) is 15.6. The van der Waals surface area contributed by atoms with E-state index in [1.807, 2.05) is 13.1 Å². The van der Waals surface area contributed by atoms with E-state index in [9.17, 15) is 14.4 Å². The molecule has 1 aromatic carbocycles. The highest BCUT2D eigenvalue weighted by Crippen LogP contribution is 2.24. The second kappa shape index (κ2) is 7.45. The van der Waals surface area contributed by atoms with Gasteiger partial charge in [-0.15, -0.1) is 0 Å². The van der Waals surface area contributed by atoms with E-state index in [1.165, 1.54) is 4.90 Å². The summed E-state index contributed by atoms with van der Waals surface area (Å²) < 4.78 is 0. The summed E-state index contributed by atoms with van der Waals surface area (Å²) >= 11 is 0. The Hall–Kier alpha value is -2.41. The SMILES string of the molecule is CN1CCN(C(=O)c2cccc(N3CCCC3=O)c2)C(C(=O)N(C)C)C1. The summed E-state index contributed by atoms with van der Waals surface area (Å²) in [5.74, 6) is -0.141. The predicted molar refractivity (Wildman–Crippen MR) is 99.0 cm³/mol. The van der Waals surface area contributed by atoms with Crippen LogP contribution in [0.2, 0.25) is 0 Å². The van der Waals surface area contributed by atoms with Crippen molar-refractivity contribution in [2.45, 2.75) is 18.9 Å². The second-order valence-corrected chi connectivity index (χ2v) is 7.21. The van der Waals surface area contributed by atoms with E-state index in [-0.39, 0.29) is 17.7 Å². The third kappa shape index (κ3) is 3.58. The minimum atomic E-state index is -0.492. The van der Waals surface area contributed by atoms with Gasteiger partial charge in [0, 0.05) is 57.9 Å². The maximum absolute atomic E-state index is 13.1. The van der Waals surface area contributed by atoms with Gasteiger partial charge in [0.2, 0.25) is 11.8 Å². The molecule has 3 rings (SSSR count). The second-order valence-electron chi connectivity index (χ2n) is 7.21. The number of anilines is 1. The summed E-state index contributed by atoms with van der Waals surface area (Å²) in [5.41, 5.74) is 1.27. The Morgan fingerprint density at radius 1 is 1.15 bits per heavy atom. The topological polar surface area (TPSA) is 64.2 Å². The van der Waals surface area contributed by atoms with Crippen molar-refractivity contribution in [3.8, 4) is 0 Å². The Balaban J connectivity index is 1.85. The van der Waals surface area contributed by atoms with Crippen molar-refractivity contribution >= 4 is 23.4 Å². The summed E-state index contributed by atoms with van der Waals surface area (Å²) in [5, 5.41) is 0. The molecule has 2 aliphatic rings. The number of hydrogen-bond donors (Lipinski definition) is 0. The van der Waals surface area contributed by atoms with Gasteiger partial charge >= 0.3 is 0 Å². The number of hydrogen-bond acceptors (Lipinski definition) is 4. The molecule has 0 spiro atoms. The molecule has 0 aliphatic carbocycles. The Bertz CT molecular complexity index is 718. The third-order valence-corrected chi connectivity index (χ3v) is 5.05. The lowest BCUT2D eigenvalue weighted by atomic mass is 10.1. The van der Waals surface area contributed by atoms with Gasteiger partial charge in [0.05, 0.1) is 0 Å². The summed E-state index contributed by atoms with van der Waals surface area (Å²) in [6.45, 7) is 2.44. The van der Waals surface area contributed by atoms with E-state index in [0.717, 1.165) is 18.7 Å². The first kappa shape index (κ1) is 18.4. The number of amides is 3. The maximum Gasteiger partial charge on any atom is 0.254 e. The van der Waals surface area contributed by atoms with Gasteiger partial charge in [-0.3, -0.25) is 14.4 Å². The molecule has 1 aromatic rings. The van der Waals surface area contributed by atoms with Gasteiger partial charge in [-0.25, -0.2) is 0 Å². The summed E-state index contributed by atoms with van der Waals surface area (Å²) in [6.07, 6.45) is 1.39. The van der Waals surface area contributed by atoms with Crippen LogP contribution in [0.5, 0.6) is 0 Å². The van der Waals surface area contributed by atoms with Crippen LogP contribution in [0.1, 0.15) is 23.2 Å². The number of piperazine rings is 1. The predicted octanol–water partition coefficient (Wildman–Crippen LogP) is 0.658. The number of likely N-dealkylation sites (N-methyl/N-ethyl adjacent to an activating group) is 2. The van der Waals surface area contributed by atoms with E-state index in [1.54, 1.807) is 42.1 Å². The van der Waals surface area contributed by atoms with E-state index >= 15 is 0 Å². The Morgan fingerprint density at radius 3 is 2.58 bits per heavy atom. The highest BCUT2D eigenvalue weighted by Gasteiger charge is 2.35. The highest BCUT2D eigenvalue weighted by molar-refractivity contribution is 6.00. The molecule has 0 aromatic heterocycles. The van der Waals surface area contributed by atoms with Crippen molar-refractivity contribution in [2.24, 2.45) is 0 Å². The van der Waals surface area contributed by atoms with Gasteiger partial charge in [-0.05, 0) is 31.7 Å². The van der Waals surface area contributed by atoms with Crippen molar-refractivity contribution < 1.29 is 14.4 Å². The molecule has 2 fully saturated rings. The van der Waals surface area contributed by atoms with Gasteiger partial charge in [-0.2, -0.15) is 0 Å². The standard InChI is InChI=1S/C19H26N4O3/c1-20(2)19(26)16-13-21(3)10-11-23(16)18(25)14-6-4-7-15(12-14)22-9-5-8-17(22)24/h4,6-7,12,16H,5,8-11,13H2,1-3H3. The largest absolute Gasteiger partial charge is 0.347 e. The number of rotatable bonds is 3. The highest BCUT2D eigenvalue weighted by atomic mass is 16.2. The molecule has 3 amide bonds. The molecule has 0 N–H and O–H groups in total. The zero-order chi connectivity index (χ0) is 18.8. The van der Waals surface area contributed by atoms with E-state index in [4.69, 9.17) is 0 Å². The van der Waals surface area contributed by atoms with Crippen LogP contribution in [0.15, 0.2) is 24.3 Å². The fraction of sp³-hybridized carbons (Fsp3) is 0.526. The van der Waals surface area contributed by atoms with Crippen molar-refractivity contribution in [1.29, 1.82) is 0 Å². The number of nitrogens with zero attached hydrogens (tertiary/aromatic N) is 4. The maximum atomic E-state index is 13.1. The quantitative estimate of drug-likeness (QED) is 0.796. The molecule has 2 heterocycles. The van der Waals surface area contributed by atoms with Gasteiger partial charge in [0.25, 0.3) is 5.91 Å². The molecular weight excluding hydrogens is 332 g/mol. The summed E-state index contributed by atoms with van der Waals surface area (Å²) in [4.78, 5) is 44.7. The van der Waals surface area contributed by atoms with Gasteiger partial charge < -0.3 is 19.6 Å². The van der Waals surface area contributed by atoms with Gasteiger partial charge in [0.1, 0.15) is 6.04 Å². The van der Waals surface area contributed by atoms with E-state index in [0.29, 0.717) is 31.6 Å². The monoisotopic (exact) mass is 358 g/mol. The fourth-order valence-corrected chi connectivity index (χ4v) is 3.57. The normalized spacial score (nSPS) is 21.2. The molecule has 7 nitrogen and oxygen atoms in total. The molecule has 0 bridgehead atoms. The van der Waals surface area contributed by atoms with Crippen LogP contribution >= 0.6 is 0 Å². The first-order chi connectivity index (χ1) is 12.4. The third-order valence-electron chi connectivity index (χ3n) is 5.05. The van der Waals surface area contributed by atoms with Crippen LogP contribution in [-0.4, -0.2) is 85.8 Å². The Morgan fingerprint density at radius 2 is 1.92 bits per heavy atom. The molecular formula is C19H26N4O3. The molecule has 1 atom stereocenters. The molecule has 0 radical (unpaired) electrons. The molecule has 26 heavy (non-hydrogen) atoms. The fourth-order valence-electron chi connectivity index (χ4n) is 3.57. The summed E-state index contributed by atoms with van der Waals surface area (Å²) in [6, 6.07) is 6.68. The smallest absolute Gasteiger partial charge is 0.254 e. The summed E-state index contributed by atoms with van der Waals surface area (Å²) in [7, 11) is 5.37. The first-order valence-electron chi connectivity index (χ1n) is 8.99. The minimum Gasteiger partial charge on any atom is -0.347 e. The Labute approximate surface area is 154 Å². The molecule has 1 unspecified atom stereocenters. The van der Waals surface area contributed by atoms with Crippen LogP contribution in [0.4, 0.5) is 5.69 Å². The number of carbonyl (C=O) groups is 3. The van der Waals surface area contributed by atoms with Crippen molar-refractivity contribution in [3.05, 3.63) is 29.8 Å². The minimum absolute atomic E-state index is 0.0734. The lowest BCUT2D eigenvalue weighted by Crippen LogP contribution is -2.59. The molecule has 2 aliphatic heterocycles. The first-order valence-corrected chi connectivity index (χ1v) is 8.99. The van der Waals surface area contributed by atoms with Crippen molar-refractivity contribution in [2.75, 3.05) is 52.2 Å². The van der Waals surface area contributed by atoms with Crippen molar-refractivity contribution in [1.82, 2.24) is 14.7 Å². The van der Waals surface area contributed by atoms with Crippen LogP contribution in [0.25, 0.3) is 0 Å². The average Bonchev–Trinajstić information content (AvgIpc) is 3.06. The van der Waals surface area contributed by atoms with Crippen LogP contribution in [0, 0.1) is 0 Å². The van der Waals surface area contributed by atoms with Crippen LogP contribution < -0.4 is 4.90 Å². The molecule has 140 valence electrons. The molecule has 2 saturated heterocycles. The van der Waals surface area contributed by atoms with Crippen LogP contribution in [-0.2, 0) is 9.59 Å². The van der Waals surface area contributed by atoms with Gasteiger partial charge in [-0.1, -0.05) is 6.07 Å². The van der Waals surface area contributed by atoms with E-state index < -0.39 is 6.04 Å². The molecule has 7 heteroatoms. The average molecular weight is 358 g/mol. The van der Waals surface area contributed by atoms with Gasteiger partial charge in [0.15, 0.2) is 0 Å². The lowest BCUT2D eigenvalue weighted by molar-refractivity contribution is -0.135. The van der Waals surface area contributed by atoms with Crippen molar-refractivity contribution in [3.63, 3.8) is 0 Å². The number of carbonyl (C=O) groups excluding carboxylic acids is 3. The van der Waals surface area contributed by atoms with E-state index in [2.05, 4.69) is 4.90 Å². The Kier molecular flexibility index (Phi) is 5.27. The lowest BCUT2D eigenvalue weighted by Gasteiger charge is -2.40.